The highest BCUT2D eigenvalue weighted by molar-refractivity contribution is 6.30. The average molecular weight is 204 g/mol. The van der Waals surface area contributed by atoms with Gasteiger partial charge in [0.1, 0.15) is 5.15 Å². The first kappa shape index (κ1) is 10.0. The minimum atomic E-state index is -0.951. The van der Waals surface area contributed by atoms with Crippen LogP contribution in [-0.2, 0) is 11.8 Å². The molecule has 72 valence electrons. The van der Waals surface area contributed by atoms with Crippen LogP contribution in [0, 0.1) is 0 Å². The van der Waals surface area contributed by atoms with E-state index in [1.54, 1.807) is 7.05 Å². The number of hydrogen-bond donors (Lipinski definition) is 2. The van der Waals surface area contributed by atoms with Gasteiger partial charge in [-0.1, -0.05) is 11.6 Å². The molecule has 0 fully saturated rings. The van der Waals surface area contributed by atoms with Crippen molar-refractivity contribution >= 4 is 17.6 Å². The summed E-state index contributed by atoms with van der Waals surface area (Å²) >= 11 is 5.81. The van der Waals surface area contributed by atoms with Gasteiger partial charge >= 0.3 is 5.97 Å². The molecule has 0 amide bonds. The number of nitrogens with two attached hydrogens (primary N) is 1. The van der Waals surface area contributed by atoms with Gasteiger partial charge < -0.3 is 10.8 Å². The number of aryl methyl sites for hydroxylation is 1. The Morgan fingerprint density at radius 3 is 2.92 bits per heavy atom. The lowest BCUT2D eigenvalue weighted by Gasteiger charge is -2.06. The quantitative estimate of drug-likeness (QED) is 0.752. The van der Waals surface area contributed by atoms with Gasteiger partial charge in [0.05, 0.1) is 12.6 Å². The van der Waals surface area contributed by atoms with Crippen LogP contribution in [0.3, 0.4) is 0 Å². The molecule has 1 aromatic heterocycles. The van der Waals surface area contributed by atoms with E-state index in [2.05, 4.69) is 5.10 Å². The monoisotopic (exact) mass is 203 g/mol. The third-order valence-electron chi connectivity index (χ3n) is 1.69. The van der Waals surface area contributed by atoms with Gasteiger partial charge in [0.15, 0.2) is 0 Å². The van der Waals surface area contributed by atoms with Crippen LogP contribution in [0.2, 0.25) is 5.15 Å². The summed E-state index contributed by atoms with van der Waals surface area (Å²) < 4.78 is 1.44. The van der Waals surface area contributed by atoms with E-state index in [1.165, 1.54) is 10.9 Å². The third kappa shape index (κ3) is 2.19. The van der Waals surface area contributed by atoms with Gasteiger partial charge in [-0.05, 0) is 0 Å². The van der Waals surface area contributed by atoms with E-state index < -0.39 is 12.0 Å². The lowest BCUT2D eigenvalue weighted by molar-refractivity contribution is -0.137. The fraction of sp³-hybridized carbons (Fsp3) is 0.429. The van der Waals surface area contributed by atoms with Gasteiger partial charge in [-0.3, -0.25) is 9.48 Å². The molecule has 0 aliphatic rings. The zero-order valence-electron chi connectivity index (χ0n) is 7.07. The molecule has 13 heavy (non-hydrogen) atoms. The standard InChI is InChI=1S/C7H10ClN3O2/c1-11-7(8)4(3-10-11)5(9)2-6(12)13/h3,5H,2,9H2,1H3,(H,12,13). The number of aliphatic carboxylic acids is 1. The first-order chi connectivity index (χ1) is 6.02. The first-order valence-corrected chi connectivity index (χ1v) is 4.05. The average Bonchev–Trinajstić information content (AvgIpc) is 2.31. The highest BCUT2D eigenvalue weighted by Gasteiger charge is 2.16. The molecule has 0 spiro atoms. The molecule has 0 bridgehead atoms. The van der Waals surface area contributed by atoms with E-state index in [9.17, 15) is 4.79 Å². The zero-order chi connectivity index (χ0) is 10.0. The highest BCUT2D eigenvalue weighted by atomic mass is 35.5. The van der Waals surface area contributed by atoms with Crippen molar-refractivity contribution < 1.29 is 9.90 Å². The Balaban J connectivity index is 2.82. The summed E-state index contributed by atoms with van der Waals surface area (Å²) in [4.78, 5) is 10.4. The van der Waals surface area contributed by atoms with Crippen LogP contribution in [0.1, 0.15) is 18.0 Å². The van der Waals surface area contributed by atoms with Crippen LogP contribution in [0.4, 0.5) is 0 Å². The maximum Gasteiger partial charge on any atom is 0.305 e. The second-order valence-corrected chi connectivity index (χ2v) is 3.08. The SMILES string of the molecule is Cn1ncc(C(N)CC(=O)O)c1Cl. The van der Waals surface area contributed by atoms with Gasteiger partial charge in [0, 0.05) is 18.7 Å². The van der Waals surface area contributed by atoms with Crippen molar-refractivity contribution in [1.82, 2.24) is 9.78 Å². The minimum Gasteiger partial charge on any atom is -0.481 e. The molecule has 1 heterocycles. The molecule has 1 atom stereocenters. The van der Waals surface area contributed by atoms with E-state index >= 15 is 0 Å². The van der Waals surface area contributed by atoms with E-state index in [0.29, 0.717) is 10.7 Å². The summed E-state index contributed by atoms with van der Waals surface area (Å²) in [5.41, 5.74) is 6.15. The van der Waals surface area contributed by atoms with Crippen LogP contribution < -0.4 is 5.73 Å². The summed E-state index contributed by atoms with van der Waals surface area (Å²) in [6.07, 6.45) is 1.33. The lowest BCUT2D eigenvalue weighted by Crippen LogP contribution is -2.14. The Morgan fingerprint density at radius 2 is 2.54 bits per heavy atom. The third-order valence-corrected chi connectivity index (χ3v) is 2.15. The molecule has 0 aliphatic heterocycles. The molecule has 0 aromatic carbocycles. The number of nitrogens with zero attached hydrogens (tertiary/aromatic N) is 2. The van der Waals surface area contributed by atoms with Gasteiger partial charge in [0.25, 0.3) is 0 Å². The predicted molar refractivity (Wildman–Crippen MR) is 47.4 cm³/mol. The van der Waals surface area contributed by atoms with Crippen LogP contribution >= 0.6 is 11.6 Å². The summed E-state index contributed by atoms with van der Waals surface area (Å²) in [6.45, 7) is 0. The van der Waals surface area contributed by atoms with Gasteiger partial charge in [0.2, 0.25) is 0 Å². The number of carbonyl (C=O) groups is 1. The largest absolute Gasteiger partial charge is 0.481 e. The van der Waals surface area contributed by atoms with Crippen LogP contribution in [0.15, 0.2) is 6.20 Å². The van der Waals surface area contributed by atoms with Gasteiger partial charge in [-0.2, -0.15) is 5.10 Å². The molecule has 0 saturated heterocycles. The van der Waals surface area contributed by atoms with E-state index in [1.807, 2.05) is 0 Å². The van der Waals surface area contributed by atoms with E-state index in [4.69, 9.17) is 22.4 Å². The Kier molecular flexibility index (Phi) is 2.90. The maximum atomic E-state index is 10.4. The van der Waals surface area contributed by atoms with Crippen molar-refractivity contribution in [2.24, 2.45) is 12.8 Å². The van der Waals surface area contributed by atoms with Crippen LogP contribution in [0.5, 0.6) is 0 Å². The maximum absolute atomic E-state index is 10.4. The van der Waals surface area contributed by atoms with Crippen molar-refractivity contribution in [2.45, 2.75) is 12.5 Å². The van der Waals surface area contributed by atoms with Crippen molar-refractivity contribution in [3.8, 4) is 0 Å². The number of aromatic nitrogens is 2. The number of rotatable bonds is 3. The molecule has 0 aliphatic carbocycles. The van der Waals surface area contributed by atoms with Crippen molar-refractivity contribution in [3.63, 3.8) is 0 Å². The Hall–Kier alpha value is -1.07. The molecule has 1 aromatic rings. The second-order valence-electron chi connectivity index (χ2n) is 2.72. The Labute approximate surface area is 80.1 Å². The molecule has 5 nitrogen and oxygen atoms in total. The first-order valence-electron chi connectivity index (χ1n) is 3.67. The van der Waals surface area contributed by atoms with Gasteiger partial charge in [-0.15, -0.1) is 0 Å². The second kappa shape index (κ2) is 3.76. The molecular formula is C7H10ClN3O2. The lowest BCUT2D eigenvalue weighted by atomic mass is 10.1. The summed E-state index contributed by atoms with van der Waals surface area (Å²) in [5, 5.41) is 12.7. The van der Waals surface area contributed by atoms with Crippen molar-refractivity contribution in [2.75, 3.05) is 0 Å². The zero-order valence-corrected chi connectivity index (χ0v) is 7.82. The molecule has 3 N–H and O–H groups in total. The smallest absolute Gasteiger partial charge is 0.305 e. The topological polar surface area (TPSA) is 81.1 Å². The normalized spacial score (nSPS) is 12.8. The summed E-state index contributed by atoms with van der Waals surface area (Å²) in [5.74, 6) is -0.951. The van der Waals surface area contributed by atoms with E-state index in [-0.39, 0.29) is 6.42 Å². The van der Waals surface area contributed by atoms with Crippen molar-refractivity contribution in [1.29, 1.82) is 0 Å². The fourth-order valence-electron chi connectivity index (χ4n) is 0.986. The van der Waals surface area contributed by atoms with Crippen LogP contribution in [0.25, 0.3) is 0 Å². The molecule has 6 heteroatoms. The molecule has 0 radical (unpaired) electrons. The highest BCUT2D eigenvalue weighted by Crippen LogP contribution is 2.22. The van der Waals surface area contributed by atoms with Crippen LogP contribution in [-0.4, -0.2) is 20.9 Å². The molecule has 1 rings (SSSR count). The molecular weight excluding hydrogens is 194 g/mol. The fourth-order valence-corrected chi connectivity index (χ4v) is 1.22. The summed E-state index contributed by atoms with van der Waals surface area (Å²) in [6, 6.07) is -0.598. The number of carboxylic acid groups (broad SMARTS) is 1. The van der Waals surface area contributed by atoms with Crippen molar-refractivity contribution in [3.05, 3.63) is 16.9 Å². The summed E-state index contributed by atoms with van der Waals surface area (Å²) in [7, 11) is 1.67. The Morgan fingerprint density at radius 1 is 1.92 bits per heavy atom. The number of hydrogen-bond acceptors (Lipinski definition) is 3. The predicted octanol–water partition coefficient (Wildman–Crippen LogP) is 0.548. The number of halogens is 1. The minimum absolute atomic E-state index is 0.147. The molecule has 0 saturated carbocycles. The molecule has 1 unspecified atom stereocenters. The van der Waals surface area contributed by atoms with E-state index in [0.717, 1.165) is 0 Å². The number of carboxylic acids is 1. The van der Waals surface area contributed by atoms with Gasteiger partial charge in [-0.25, -0.2) is 0 Å². The Bertz CT molecular complexity index is 324.